The summed E-state index contributed by atoms with van der Waals surface area (Å²) >= 11 is 0. The molecule has 1 heterocycles. The molecule has 5 aliphatic rings. The van der Waals surface area contributed by atoms with Crippen LogP contribution in [0, 0.1) is 56.2 Å². The number of pyridine rings is 1. The van der Waals surface area contributed by atoms with Crippen molar-refractivity contribution >= 4 is 17.7 Å². The molecule has 9 atom stereocenters. The van der Waals surface area contributed by atoms with Gasteiger partial charge in [-0.05, 0) is 148 Å². The Morgan fingerprint density at radius 1 is 0.941 bits per heavy atom. The van der Waals surface area contributed by atoms with Crippen molar-refractivity contribution in [3.05, 3.63) is 41.2 Å². The zero-order chi connectivity index (χ0) is 37.4. The van der Waals surface area contributed by atoms with E-state index in [0.29, 0.717) is 30.0 Å². The number of carbonyl (C=O) groups excluding carboxylic acids is 2. The van der Waals surface area contributed by atoms with Crippen molar-refractivity contribution in [2.75, 3.05) is 6.54 Å². The molecular weight excluding hydrogens is 636 g/mol. The summed E-state index contributed by atoms with van der Waals surface area (Å²) in [6.45, 7) is 23.2. The van der Waals surface area contributed by atoms with Gasteiger partial charge in [0.1, 0.15) is 6.10 Å². The van der Waals surface area contributed by atoms with Crippen LogP contribution in [0.4, 0.5) is 0 Å². The molecule has 4 saturated carbocycles. The van der Waals surface area contributed by atoms with E-state index in [9.17, 15) is 19.5 Å². The summed E-state index contributed by atoms with van der Waals surface area (Å²) in [4.78, 5) is 43.0. The highest BCUT2D eigenvalue weighted by Crippen LogP contribution is 2.77. The molecule has 1 aromatic rings. The Labute approximate surface area is 307 Å². The zero-order valence-electron chi connectivity index (χ0n) is 33.3. The fraction of sp³-hybridized carbons (Fsp3) is 0.773. The van der Waals surface area contributed by atoms with Crippen molar-refractivity contribution in [3.63, 3.8) is 0 Å². The molecule has 0 spiro atoms. The lowest BCUT2D eigenvalue weighted by Crippen LogP contribution is -2.65. The van der Waals surface area contributed by atoms with Gasteiger partial charge in [-0.3, -0.25) is 19.4 Å². The van der Waals surface area contributed by atoms with E-state index in [1.807, 2.05) is 12.4 Å². The Hall–Kier alpha value is -2.54. The lowest BCUT2D eigenvalue weighted by Gasteiger charge is -2.72. The molecule has 9 unspecified atom stereocenters. The summed E-state index contributed by atoms with van der Waals surface area (Å²) in [6, 6.07) is 4.40. The molecule has 0 radical (unpaired) electrons. The fourth-order valence-electron chi connectivity index (χ4n) is 13.2. The highest BCUT2D eigenvalue weighted by Gasteiger charge is 2.70. The largest absolute Gasteiger partial charge is 0.481 e. The van der Waals surface area contributed by atoms with Crippen LogP contribution in [0.25, 0.3) is 0 Å². The third-order valence-electron chi connectivity index (χ3n) is 16.2. The number of ether oxygens (including phenoxy) is 1. The number of hydrogen-bond acceptors (Lipinski definition) is 6. The lowest BCUT2D eigenvalue weighted by atomic mass is 9.33. The maximum Gasteiger partial charge on any atom is 0.309 e. The van der Waals surface area contributed by atoms with Crippen LogP contribution in [0.3, 0.4) is 0 Å². The van der Waals surface area contributed by atoms with E-state index in [1.165, 1.54) is 12.0 Å². The van der Waals surface area contributed by atoms with Crippen molar-refractivity contribution in [2.45, 2.75) is 152 Å². The predicted octanol–water partition coefficient (Wildman–Crippen LogP) is 9.52. The van der Waals surface area contributed by atoms with Gasteiger partial charge >= 0.3 is 11.9 Å². The minimum Gasteiger partial charge on any atom is -0.481 e. The van der Waals surface area contributed by atoms with Gasteiger partial charge in [-0.2, -0.15) is 0 Å². The monoisotopic (exact) mass is 702 g/mol. The number of rotatable bonds is 10. The maximum absolute atomic E-state index is 14.0. The number of carboxylic acids is 1. The minimum atomic E-state index is -1.15. The van der Waals surface area contributed by atoms with E-state index >= 15 is 0 Å². The highest BCUT2D eigenvalue weighted by molar-refractivity contribution is 6.00. The Bertz CT molecular complexity index is 1560. The van der Waals surface area contributed by atoms with Gasteiger partial charge in [0, 0.05) is 35.7 Å². The third kappa shape index (κ3) is 6.04. The number of aromatic nitrogens is 1. The number of nitrogens with one attached hydrogen (secondary N) is 1. The molecular formula is C44H66N2O5. The molecule has 7 nitrogen and oxygen atoms in total. The Morgan fingerprint density at radius 2 is 1.63 bits per heavy atom. The summed E-state index contributed by atoms with van der Waals surface area (Å²) < 4.78 is 6.18. The number of nitrogens with zero attached hydrogens (tertiary/aromatic N) is 1. The number of esters is 1. The third-order valence-corrected chi connectivity index (χ3v) is 16.2. The first-order valence-electron chi connectivity index (χ1n) is 20.1. The molecule has 0 aromatic carbocycles. The second-order valence-electron chi connectivity index (χ2n) is 19.9. The van der Waals surface area contributed by atoms with Crippen LogP contribution in [0.5, 0.6) is 0 Å². The number of fused-ring (bicyclic) bond motifs is 7. The Balaban J connectivity index is 1.25. The SMILES string of the molecule is CC(C)C1=C2C3CCC4C5(C)CCC(OC(=O)CC(C)(C)C(=O)O)C(C)(C)C5CCC4(C)C3(C)CCC2(CCNC(C)c2ccncc2)CC1=O. The summed E-state index contributed by atoms with van der Waals surface area (Å²) in [6.07, 6.45) is 13.7. The predicted molar refractivity (Wildman–Crippen MR) is 201 cm³/mol. The Kier molecular flexibility index (Phi) is 9.80. The summed E-state index contributed by atoms with van der Waals surface area (Å²) in [5.41, 5.74) is 2.92. The lowest BCUT2D eigenvalue weighted by molar-refractivity contribution is -0.233. The molecule has 7 heteroatoms. The van der Waals surface area contributed by atoms with Gasteiger partial charge in [-0.15, -0.1) is 0 Å². The normalized spacial score (nSPS) is 38.0. The van der Waals surface area contributed by atoms with Gasteiger partial charge in [-0.1, -0.05) is 54.0 Å². The summed E-state index contributed by atoms with van der Waals surface area (Å²) in [7, 11) is 0. The molecule has 4 fully saturated rings. The first-order chi connectivity index (χ1) is 23.7. The molecule has 6 rings (SSSR count). The van der Waals surface area contributed by atoms with Crippen molar-refractivity contribution in [2.24, 2.45) is 56.2 Å². The fourth-order valence-corrected chi connectivity index (χ4v) is 13.2. The zero-order valence-corrected chi connectivity index (χ0v) is 33.3. The number of ketones is 1. The standard InChI is InChI=1S/C44H66N2O5/c1-27(2)36-31(47)25-44(21-24-46-28(3)29-15-22-45-23-16-29)20-19-42(9)30(37(36)44)11-12-33-41(8)17-14-34(51-35(48)26-39(4,5)38(49)50)40(6,7)32(41)13-18-43(33,42)10/h15-16,22-23,27-28,30,32-34,46H,11-14,17-21,24-26H2,1-10H3,(H,49,50). The molecule has 0 saturated heterocycles. The van der Waals surface area contributed by atoms with E-state index in [1.54, 1.807) is 19.4 Å². The maximum atomic E-state index is 14.0. The van der Waals surface area contributed by atoms with E-state index in [2.05, 4.69) is 77.8 Å². The average molecular weight is 703 g/mol. The van der Waals surface area contributed by atoms with E-state index < -0.39 is 17.4 Å². The van der Waals surface area contributed by atoms with Crippen LogP contribution in [0.1, 0.15) is 151 Å². The first kappa shape index (κ1) is 38.2. The Morgan fingerprint density at radius 3 is 2.27 bits per heavy atom. The van der Waals surface area contributed by atoms with Crippen molar-refractivity contribution in [1.29, 1.82) is 0 Å². The average Bonchev–Trinajstić information content (AvgIpc) is 3.35. The number of Topliss-reactive ketones (excluding diaryl/α,β-unsaturated/α-hetero) is 1. The molecule has 0 amide bonds. The van der Waals surface area contributed by atoms with Gasteiger partial charge in [0.05, 0.1) is 11.8 Å². The van der Waals surface area contributed by atoms with Crippen molar-refractivity contribution < 1.29 is 24.2 Å². The minimum absolute atomic E-state index is 0.0464. The topological polar surface area (TPSA) is 106 Å². The van der Waals surface area contributed by atoms with Crippen LogP contribution in [0.2, 0.25) is 0 Å². The van der Waals surface area contributed by atoms with Crippen LogP contribution < -0.4 is 5.32 Å². The van der Waals surface area contributed by atoms with Gasteiger partial charge in [0.2, 0.25) is 0 Å². The molecule has 282 valence electrons. The quantitative estimate of drug-likeness (QED) is 0.234. The van der Waals surface area contributed by atoms with Crippen LogP contribution in [0.15, 0.2) is 35.7 Å². The number of carbonyl (C=O) groups is 3. The molecule has 51 heavy (non-hydrogen) atoms. The molecule has 1 aromatic heterocycles. The first-order valence-corrected chi connectivity index (χ1v) is 20.1. The number of carboxylic acid groups (broad SMARTS) is 1. The number of allylic oxidation sites excluding steroid dienone is 2. The summed E-state index contributed by atoms with van der Waals surface area (Å²) in [5, 5.41) is 13.4. The molecule has 0 bridgehead atoms. The van der Waals surface area contributed by atoms with Crippen LogP contribution >= 0.6 is 0 Å². The number of hydrogen-bond donors (Lipinski definition) is 2. The van der Waals surface area contributed by atoms with E-state index in [-0.39, 0.29) is 51.6 Å². The van der Waals surface area contributed by atoms with E-state index in [0.717, 1.165) is 63.5 Å². The smallest absolute Gasteiger partial charge is 0.309 e. The number of aliphatic carboxylic acids is 1. The van der Waals surface area contributed by atoms with Gasteiger partial charge < -0.3 is 15.2 Å². The molecule has 2 N–H and O–H groups in total. The van der Waals surface area contributed by atoms with Crippen molar-refractivity contribution in [3.8, 4) is 0 Å². The van der Waals surface area contributed by atoms with Gasteiger partial charge in [0.25, 0.3) is 0 Å². The molecule has 5 aliphatic carbocycles. The van der Waals surface area contributed by atoms with Gasteiger partial charge in [0.15, 0.2) is 5.78 Å². The van der Waals surface area contributed by atoms with Crippen LogP contribution in [-0.2, 0) is 19.1 Å². The highest BCUT2D eigenvalue weighted by atomic mass is 16.5. The van der Waals surface area contributed by atoms with Crippen molar-refractivity contribution in [1.82, 2.24) is 10.3 Å². The second-order valence-corrected chi connectivity index (χ2v) is 19.9. The van der Waals surface area contributed by atoms with Gasteiger partial charge in [-0.25, -0.2) is 0 Å². The van der Waals surface area contributed by atoms with E-state index in [4.69, 9.17) is 4.74 Å². The molecule has 0 aliphatic heterocycles. The summed E-state index contributed by atoms with van der Waals surface area (Å²) in [5.74, 6) is 0.660. The van der Waals surface area contributed by atoms with Crippen LogP contribution in [-0.4, -0.2) is 40.5 Å². The second kappa shape index (κ2) is 13.1.